The summed E-state index contributed by atoms with van der Waals surface area (Å²) in [5.74, 6) is 1.42. The van der Waals surface area contributed by atoms with Gasteiger partial charge in [0.15, 0.2) is 5.16 Å². The number of non-ortho nitro benzene ring substituents is 1. The Kier molecular flexibility index (Phi) is 4.23. The van der Waals surface area contributed by atoms with Crippen molar-refractivity contribution in [3.05, 3.63) is 39.7 Å². The van der Waals surface area contributed by atoms with E-state index >= 15 is 0 Å². The molecule has 20 heavy (non-hydrogen) atoms. The molecule has 8 heteroatoms. The van der Waals surface area contributed by atoms with Gasteiger partial charge in [0, 0.05) is 37.7 Å². The van der Waals surface area contributed by atoms with E-state index in [0.717, 1.165) is 22.2 Å². The first kappa shape index (κ1) is 14.3. The summed E-state index contributed by atoms with van der Waals surface area (Å²) in [6.07, 6.45) is 0. The van der Waals surface area contributed by atoms with Crippen LogP contribution in [0.2, 0.25) is 0 Å². The number of thioether (sulfide) groups is 1. The van der Waals surface area contributed by atoms with Crippen LogP contribution in [0.25, 0.3) is 0 Å². The normalized spacial score (nSPS) is 10.6. The minimum absolute atomic E-state index is 0.0914. The Morgan fingerprint density at radius 3 is 2.75 bits per heavy atom. The minimum atomic E-state index is -0.389. The van der Waals surface area contributed by atoms with Gasteiger partial charge in [-0.25, -0.2) is 0 Å². The van der Waals surface area contributed by atoms with Crippen LogP contribution in [0.4, 0.5) is 11.4 Å². The summed E-state index contributed by atoms with van der Waals surface area (Å²) in [7, 11) is 3.69. The number of hydrogen-bond donors (Lipinski definition) is 1. The highest BCUT2D eigenvalue weighted by Gasteiger charge is 2.12. The Morgan fingerprint density at radius 1 is 1.45 bits per heavy atom. The number of aromatic nitrogens is 3. The van der Waals surface area contributed by atoms with Gasteiger partial charge in [0.05, 0.1) is 4.92 Å². The lowest BCUT2D eigenvalue weighted by Crippen LogP contribution is -1.98. The number of nitro groups is 1. The van der Waals surface area contributed by atoms with E-state index in [0.29, 0.717) is 5.75 Å². The fraction of sp³-hybridized carbons (Fsp3) is 0.333. The van der Waals surface area contributed by atoms with E-state index in [1.807, 2.05) is 18.5 Å². The molecule has 0 aliphatic rings. The molecule has 0 unspecified atom stereocenters. The smallest absolute Gasteiger partial charge is 0.269 e. The van der Waals surface area contributed by atoms with Gasteiger partial charge in [0.25, 0.3) is 5.69 Å². The zero-order chi connectivity index (χ0) is 14.7. The van der Waals surface area contributed by atoms with Crippen LogP contribution in [0.5, 0.6) is 0 Å². The van der Waals surface area contributed by atoms with Crippen LogP contribution in [0.1, 0.15) is 11.4 Å². The van der Waals surface area contributed by atoms with Gasteiger partial charge < -0.3 is 9.88 Å². The molecule has 0 spiro atoms. The molecule has 106 valence electrons. The molecule has 1 aromatic carbocycles. The van der Waals surface area contributed by atoms with Gasteiger partial charge in [0.1, 0.15) is 5.82 Å². The molecule has 1 aromatic heterocycles. The number of rotatable bonds is 5. The number of aryl methyl sites for hydroxylation is 1. The first-order chi connectivity index (χ1) is 9.52. The Hall–Kier alpha value is -2.09. The lowest BCUT2D eigenvalue weighted by Gasteiger charge is -2.08. The maximum Gasteiger partial charge on any atom is 0.269 e. The van der Waals surface area contributed by atoms with E-state index in [1.165, 1.54) is 17.8 Å². The first-order valence-electron chi connectivity index (χ1n) is 5.96. The molecule has 1 N–H and O–H groups in total. The molecular weight excluding hydrogens is 278 g/mol. The van der Waals surface area contributed by atoms with Crippen LogP contribution >= 0.6 is 11.8 Å². The van der Waals surface area contributed by atoms with Crippen molar-refractivity contribution in [2.24, 2.45) is 7.05 Å². The van der Waals surface area contributed by atoms with Crippen LogP contribution in [0, 0.1) is 17.0 Å². The number of nitrogens with one attached hydrogen (secondary N) is 1. The molecule has 2 rings (SSSR count). The Balaban J connectivity index is 2.21. The van der Waals surface area contributed by atoms with E-state index in [9.17, 15) is 10.1 Å². The Morgan fingerprint density at radius 2 is 2.20 bits per heavy atom. The van der Waals surface area contributed by atoms with Crippen molar-refractivity contribution in [2.75, 3.05) is 12.4 Å². The van der Waals surface area contributed by atoms with Gasteiger partial charge in [-0.2, -0.15) is 0 Å². The van der Waals surface area contributed by atoms with Gasteiger partial charge in [-0.1, -0.05) is 11.8 Å². The molecular formula is C12H15N5O2S. The third-order valence-corrected chi connectivity index (χ3v) is 4.05. The molecule has 0 amide bonds. The molecule has 0 aliphatic carbocycles. The standard InChI is InChI=1S/C12H15N5O2S/c1-8-14-15-12(16(8)3)20-7-9-6-10(17(18)19)4-5-11(9)13-2/h4-6,13H,7H2,1-3H3. The van der Waals surface area contributed by atoms with Gasteiger partial charge in [-0.3, -0.25) is 10.1 Å². The molecule has 0 aliphatic heterocycles. The quantitative estimate of drug-likeness (QED) is 0.517. The van der Waals surface area contributed by atoms with Crippen LogP contribution in [-0.2, 0) is 12.8 Å². The van der Waals surface area contributed by atoms with Crippen LogP contribution in [0.3, 0.4) is 0 Å². The monoisotopic (exact) mass is 293 g/mol. The highest BCUT2D eigenvalue weighted by atomic mass is 32.2. The van der Waals surface area contributed by atoms with Gasteiger partial charge in [-0.15, -0.1) is 10.2 Å². The summed E-state index contributed by atoms with van der Waals surface area (Å²) < 4.78 is 1.89. The van der Waals surface area contributed by atoms with Gasteiger partial charge >= 0.3 is 0 Å². The van der Waals surface area contributed by atoms with Gasteiger partial charge in [-0.05, 0) is 18.6 Å². The average Bonchev–Trinajstić information content (AvgIpc) is 2.76. The van der Waals surface area contributed by atoms with E-state index in [2.05, 4.69) is 15.5 Å². The number of benzene rings is 1. The summed E-state index contributed by atoms with van der Waals surface area (Å²) in [6, 6.07) is 4.80. The lowest BCUT2D eigenvalue weighted by atomic mass is 10.2. The SMILES string of the molecule is CNc1ccc([N+](=O)[O-])cc1CSc1nnc(C)n1C. The topological polar surface area (TPSA) is 85.9 Å². The third kappa shape index (κ3) is 2.90. The zero-order valence-electron chi connectivity index (χ0n) is 11.5. The molecule has 0 saturated heterocycles. The minimum Gasteiger partial charge on any atom is -0.388 e. The van der Waals surface area contributed by atoms with Crippen LogP contribution in [0.15, 0.2) is 23.4 Å². The molecule has 0 saturated carbocycles. The molecule has 2 aromatic rings. The van der Waals surface area contributed by atoms with Crippen molar-refractivity contribution >= 4 is 23.1 Å². The summed E-state index contributed by atoms with van der Waals surface area (Å²) >= 11 is 1.50. The fourth-order valence-corrected chi connectivity index (χ4v) is 2.66. The fourth-order valence-electron chi connectivity index (χ4n) is 1.71. The summed E-state index contributed by atoms with van der Waals surface area (Å²) in [6.45, 7) is 1.88. The summed E-state index contributed by atoms with van der Waals surface area (Å²) in [4.78, 5) is 10.4. The molecule has 0 radical (unpaired) electrons. The Labute approximate surface area is 120 Å². The molecule has 0 atom stereocenters. The summed E-state index contributed by atoms with van der Waals surface area (Å²) in [5.41, 5.74) is 1.84. The van der Waals surface area contributed by atoms with Crippen molar-refractivity contribution in [1.29, 1.82) is 0 Å². The van der Waals surface area contributed by atoms with Crippen LogP contribution < -0.4 is 5.32 Å². The van der Waals surface area contributed by atoms with Crippen molar-refractivity contribution in [1.82, 2.24) is 14.8 Å². The van der Waals surface area contributed by atoms with E-state index < -0.39 is 0 Å². The zero-order valence-corrected chi connectivity index (χ0v) is 12.3. The maximum atomic E-state index is 10.8. The van der Waals surface area contributed by atoms with Crippen molar-refractivity contribution < 1.29 is 4.92 Å². The van der Waals surface area contributed by atoms with Crippen molar-refractivity contribution in [3.63, 3.8) is 0 Å². The second-order valence-corrected chi connectivity index (χ2v) is 5.17. The number of nitrogens with zero attached hydrogens (tertiary/aromatic N) is 4. The molecule has 1 heterocycles. The number of nitro benzene ring substituents is 1. The Bertz CT molecular complexity index is 641. The van der Waals surface area contributed by atoms with E-state index in [4.69, 9.17) is 0 Å². The molecule has 0 bridgehead atoms. The highest BCUT2D eigenvalue weighted by Crippen LogP contribution is 2.28. The molecule has 7 nitrogen and oxygen atoms in total. The highest BCUT2D eigenvalue weighted by molar-refractivity contribution is 7.98. The molecule has 0 fully saturated rings. The maximum absolute atomic E-state index is 10.8. The summed E-state index contributed by atoms with van der Waals surface area (Å²) in [5, 5.41) is 22.7. The van der Waals surface area contributed by atoms with Crippen LogP contribution in [-0.4, -0.2) is 26.7 Å². The predicted octanol–water partition coefficient (Wildman–Crippen LogP) is 2.37. The van der Waals surface area contributed by atoms with Crippen molar-refractivity contribution in [3.8, 4) is 0 Å². The third-order valence-electron chi connectivity index (χ3n) is 2.98. The number of hydrogen-bond acceptors (Lipinski definition) is 6. The van der Waals surface area contributed by atoms with E-state index in [-0.39, 0.29) is 10.6 Å². The number of anilines is 1. The average molecular weight is 293 g/mol. The largest absolute Gasteiger partial charge is 0.388 e. The second kappa shape index (κ2) is 5.91. The first-order valence-corrected chi connectivity index (χ1v) is 6.95. The lowest BCUT2D eigenvalue weighted by molar-refractivity contribution is -0.384. The van der Waals surface area contributed by atoms with E-state index in [1.54, 1.807) is 19.2 Å². The van der Waals surface area contributed by atoms with Gasteiger partial charge in [0.2, 0.25) is 0 Å². The van der Waals surface area contributed by atoms with Crippen molar-refractivity contribution in [2.45, 2.75) is 17.8 Å². The predicted molar refractivity (Wildman–Crippen MR) is 77.9 cm³/mol. The second-order valence-electron chi connectivity index (χ2n) is 4.23.